The third-order valence-corrected chi connectivity index (χ3v) is 17.9. The number of rotatable bonds is 5. The van der Waals surface area contributed by atoms with Crippen LogP contribution in [0.5, 0.6) is 0 Å². The van der Waals surface area contributed by atoms with Crippen molar-refractivity contribution in [3.8, 4) is 55.6 Å². The highest BCUT2D eigenvalue weighted by Gasteiger charge is 2.44. The fourth-order valence-electron chi connectivity index (χ4n) is 14.4. The molecule has 362 valence electrons. The van der Waals surface area contributed by atoms with Gasteiger partial charge in [0.05, 0.1) is 5.69 Å². The molecule has 15 rings (SSSR count). The summed E-state index contributed by atoms with van der Waals surface area (Å²) in [6.45, 7) is 21.2. The molecule has 3 aliphatic carbocycles. The van der Waals surface area contributed by atoms with Gasteiger partial charge < -0.3 is 13.7 Å². The van der Waals surface area contributed by atoms with Crippen molar-refractivity contribution >= 4 is 60.9 Å². The number of nitrogens with zero attached hydrogens (tertiary/aromatic N) is 1. The van der Waals surface area contributed by atoms with Crippen LogP contribution in [-0.2, 0) is 16.2 Å². The molecule has 0 bridgehead atoms. The maximum atomic E-state index is 6.96. The molecule has 3 aliphatic rings. The van der Waals surface area contributed by atoms with Crippen molar-refractivity contribution in [2.45, 2.75) is 78.6 Å². The Morgan fingerprint density at radius 1 is 0.347 bits per heavy atom. The number of fused-ring (bicyclic) bond motifs is 17. The van der Waals surface area contributed by atoms with Gasteiger partial charge in [-0.3, -0.25) is 0 Å². The molecule has 0 unspecified atom stereocenters. The molecule has 0 atom stereocenters. The lowest BCUT2D eigenvalue weighted by Crippen LogP contribution is -2.18. The fourth-order valence-corrected chi connectivity index (χ4v) is 14.4. The number of hydrogen-bond acceptors (Lipinski definition) is 3. The number of para-hydroxylation sites is 3. The Hall–Kier alpha value is -8.40. The maximum absolute atomic E-state index is 6.96. The summed E-state index contributed by atoms with van der Waals surface area (Å²) in [5, 5.41) is 4.75. The van der Waals surface area contributed by atoms with E-state index in [1.54, 1.807) is 0 Å². The van der Waals surface area contributed by atoms with E-state index in [-0.39, 0.29) is 16.2 Å². The smallest absolute Gasteiger partial charge is 0.143 e. The van der Waals surface area contributed by atoms with Gasteiger partial charge in [-0.1, -0.05) is 162 Å². The lowest BCUT2D eigenvalue weighted by molar-refractivity contribution is 0.651. The summed E-state index contributed by atoms with van der Waals surface area (Å²) in [7, 11) is 0. The van der Waals surface area contributed by atoms with Gasteiger partial charge in [0.25, 0.3) is 0 Å². The van der Waals surface area contributed by atoms with Crippen LogP contribution in [-0.4, -0.2) is 0 Å². The maximum Gasteiger partial charge on any atom is 0.143 e. The van der Waals surface area contributed by atoms with Crippen molar-refractivity contribution in [1.29, 1.82) is 0 Å². The molecule has 0 radical (unpaired) electrons. The molecule has 10 aromatic carbocycles. The summed E-state index contributed by atoms with van der Waals surface area (Å²) in [5.41, 5.74) is 30.8. The summed E-state index contributed by atoms with van der Waals surface area (Å²) in [6.07, 6.45) is 0. The Morgan fingerprint density at radius 3 is 1.61 bits per heavy atom. The van der Waals surface area contributed by atoms with Crippen LogP contribution < -0.4 is 4.90 Å². The quantitative estimate of drug-likeness (QED) is 0.172. The number of furan rings is 2. The van der Waals surface area contributed by atoms with Gasteiger partial charge in [0.1, 0.15) is 22.3 Å². The molecule has 75 heavy (non-hydrogen) atoms. The molecule has 0 spiro atoms. The number of aryl methyl sites for hydroxylation is 3. The summed E-state index contributed by atoms with van der Waals surface area (Å²) >= 11 is 0. The van der Waals surface area contributed by atoms with Crippen LogP contribution in [0.25, 0.3) is 99.5 Å². The van der Waals surface area contributed by atoms with Crippen molar-refractivity contribution in [2.24, 2.45) is 0 Å². The highest BCUT2D eigenvalue weighted by atomic mass is 16.3. The van der Waals surface area contributed by atoms with Crippen LogP contribution in [0.3, 0.4) is 0 Å². The Bertz CT molecular complexity index is 4450. The monoisotopic (exact) mass is 967 g/mol. The summed E-state index contributed by atoms with van der Waals surface area (Å²) in [5.74, 6) is 0. The molecular weight excluding hydrogens is 911 g/mol. The van der Waals surface area contributed by atoms with E-state index in [1.165, 1.54) is 116 Å². The average molecular weight is 968 g/mol. The largest absolute Gasteiger partial charge is 0.456 e. The molecule has 2 heterocycles. The Balaban J connectivity index is 0.925. The van der Waals surface area contributed by atoms with Gasteiger partial charge >= 0.3 is 0 Å². The second-order valence-corrected chi connectivity index (χ2v) is 23.4. The van der Waals surface area contributed by atoms with Crippen molar-refractivity contribution in [1.82, 2.24) is 0 Å². The summed E-state index contributed by atoms with van der Waals surface area (Å²) in [4.78, 5) is 2.52. The average Bonchev–Trinajstić information content (AvgIpc) is 4.32. The molecule has 3 heteroatoms. The lowest BCUT2D eigenvalue weighted by Gasteiger charge is -2.31. The molecule has 2 aromatic heterocycles. The molecule has 0 saturated carbocycles. The first kappa shape index (κ1) is 44.1. The van der Waals surface area contributed by atoms with Crippen LogP contribution in [0.15, 0.2) is 191 Å². The zero-order valence-corrected chi connectivity index (χ0v) is 44.1. The minimum atomic E-state index is -0.332. The predicted octanol–water partition coefficient (Wildman–Crippen LogP) is 20.1. The minimum absolute atomic E-state index is 0.186. The SMILES string of the molecule is Cc1cc(C)c(-c2cc3c(c4c2oc2ccccc24)-c2ccc(N(c4ccc5c(c4)C(C)(C)c4cc6c(cc4-5)C(C)(C)c4ccc5oc7ccccc7c5c4-6)c4ccccc4-c4ccccc4)cc2C3(C)C)c(C)c1. The first-order chi connectivity index (χ1) is 36.2. The minimum Gasteiger partial charge on any atom is -0.456 e. The van der Waals surface area contributed by atoms with Gasteiger partial charge in [0.2, 0.25) is 0 Å². The standard InChI is InChI=1S/C72H57NO2/c1-40-33-41(2)64(42(3)34-40)53-39-59-65(68-50-23-15-18-26-62(50)75-69(53)68)48-30-28-45(36-56(48)72(59,8)9)73(60-24-16-13-21-46(60)43-19-11-10-12-20-43)44-27-29-47-51-37-58-52(38-57(51)71(6,7)55(47)35-44)66-54(70(58,4)5)31-32-63-67(66)49-22-14-17-25-61(49)74-63/h10-39H,1-9H3. The third kappa shape index (κ3) is 5.93. The van der Waals surface area contributed by atoms with Crippen molar-refractivity contribution < 1.29 is 8.83 Å². The molecule has 0 aliphatic heterocycles. The number of anilines is 3. The highest BCUT2D eigenvalue weighted by Crippen LogP contribution is 2.60. The van der Waals surface area contributed by atoms with Gasteiger partial charge in [-0.2, -0.15) is 0 Å². The summed E-state index contributed by atoms with van der Waals surface area (Å²) in [6, 6.07) is 68.0. The lowest BCUT2D eigenvalue weighted by atomic mass is 9.79. The Labute approximate surface area is 438 Å². The molecule has 12 aromatic rings. The molecule has 0 fully saturated rings. The van der Waals surface area contributed by atoms with Gasteiger partial charge in [0, 0.05) is 60.3 Å². The Kier molecular flexibility index (Phi) is 8.89. The number of benzene rings is 10. The van der Waals surface area contributed by atoms with Gasteiger partial charge in [0.15, 0.2) is 0 Å². The summed E-state index contributed by atoms with van der Waals surface area (Å²) < 4.78 is 13.5. The zero-order chi connectivity index (χ0) is 51.0. The van der Waals surface area contributed by atoms with Crippen molar-refractivity contribution in [3.63, 3.8) is 0 Å². The molecule has 0 amide bonds. The first-order valence-corrected chi connectivity index (χ1v) is 26.7. The molecular formula is C72H57NO2. The fraction of sp³-hybridized carbons (Fsp3) is 0.167. The van der Waals surface area contributed by atoms with E-state index < -0.39 is 0 Å². The van der Waals surface area contributed by atoms with Crippen LogP contribution >= 0.6 is 0 Å². The molecule has 0 saturated heterocycles. The van der Waals surface area contributed by atoms with E-state index in [4.69, 9.17) is 8.83 Å². The van der Waals surface area contributed by atoms with E-state index >= 15 is 0 Å². The van der Waals surface area contributed by atoms with E-state index in [2.05, 4.69) is 249 Å². The van der Waals surface area contributed by atoms with Crippen LogP contribution in [0.1, 0.15) is 91.6 Å². The predicted molar refractivity (Wildman–Crippen MR) is 313 cm³/mol. The zero-order valence-electron chi connectivity index (χ0n) is 44.1. The van der Waals surface area contributed by atoms with Crippen molar-refractivity contribution in [3.05, 3.63) is 232 Å². The van der Waals surface area contributed by atoms with Crippen molar-refractivity contribution in [2.75, 3.05) is 4.90 Å². The van der Waals surface area contributed by atoms with Gasteiger partial charge in [-0.15, -0.1) is 0 Å². The Morgan fingerprint density at radius 2 is 0.880 bits per heavy atom. The second-order valence-electron chi connectivity index (χ2n) is 23.4. The van der Waals surface area contributed by atoms with E-state index in [1.807, 2.05) is 0 Å². The topological polar surface area (TPSA) is 29.5 Å². The van der Waals surface area contributed by atoms with Gasteiger partial charge in [-0.05, 0) is 177 Å². The van der Waals surface area contributed by atoms with E-state index in [0.29, 0.717) is 0 Å². The van der Waals surface area contributed by atoms with Crippen LogP contribution in [0.4, 0.5) is 17.1 Å². The van der Waals surface area contributed by atoms with Crippen LogP contribution in [0.2, 0.25) is 0 Å². The van der Waals surface area contributed by atoms with E-state index in [9.17, 15) is 0 Å². The second kappa shape index (κ2) is 15.1. The molecule has 0 N–H and O–H groups in total. The van der Waals surface area contributed by atoms with Crippen LogP contribution in [0, 0.1) is 20.8 Å². The number of hydrogen-bond donors (Lipinski definition) is 0. The first-order valence-electron chi connectivity index (χ1n) is 26.7. The normalized spacial score (nSPS) is 15.1. The highest BCUT2D eigenvalue weighted by molar-refractivity contribution is 6.19. The van der Waals surface area contributed by atoms with Gasteiger partial charge in [-0.25, -0.2) is 0 Å². The third-order valence-electron chi connectivity index (χ3n) is 17.9. The van der Waals surface area contributed by atoms with E-state index in [0.717, 1.165) is 50.3 Å². The molecule has 3 nitrogen and oxygen atoms in total.